The van der Waals surface area contributed by atoms with E-state index < -0.39 is 10.0 Å². The van der Waals surface area contributed by atoms with Crippen LogP contribution in [0, 0.1) is 0 Å². The van der Waals surface area contributed by atoms with E-state index in [1.165, 1.54) is 4.31 Å². The minimum Gasteiger partial charge on any atom is -0.377 e. The van der Waals surface area contributed by atoms with Gasteiger partial charge in [-0.2, -0.15) is 4.31 Å². The molecule has 1 aliphatic heterocycles. The Hall–Kier alpha value is -1.70. The predicted molar refractivity (Wildman–Crippen MR) is 88.8 cm³/mol. The second-order valence-electron chi connectivity index (χ2n) is 5.90. The molecule has 1 saturated heterocycles. The van der Waals surface area contributed by atoms with Crippen LogP contribution in [-0.4, -0.2) is 43.2 Å². The quantitative estimate of drug-likeness (QED) is 0.897. The minimum absolute atomic E-state index is 0.0544. The van der Waals surface area contributed by atoms with E-state index in [4.69, 9.17) is 4.74 Å². The number of hydrogen-bond donors (Lipinski definition) is 1. The lowest BCUT2D eigenvalue weighted by atomic mass is 10.1. The normalized spacial score (nSPS) is 18.8. The number of hydrogen-bond acceptors (Lipinski definition) is 4. The summed E-state index contributed by atoms with van der Waals surface area (Å²) in [7, 11) is -3.42. The van der Waals surface area contributed by atoms with Crippen molar-refractivity contribution >= 4 is 20.9 Å². The van der Waals surface area contributed by atoms with Gasteiger partial charge in [0.25, 0.3) is 5.56 Å². The van der Waals surface area contributed by atoms with Crippen molar-refractivity contribution in [2.45, 2.75) is 25.5 Å². The lowest BCUT2D eigenvalue weighted by Crippen LogP contribution is -2.37. The molecule has 0 spiro atoms. The van der Waals surface area contributed by atoms with Crippen LogP contribution in [0.25, 0.3) is 10.9 Å². The summed E-state index contributed by atoms with van der Waals surface area (Å²) >= 11 is 0. The number of aromatic nitrogens is 1. The van der Waals surface area contributed by atoms with Crippen molar-refractivity contribution in [1.82, 2.24) is 9.29 Å². The van der Waals surface area contributed by atoms with E-state index in [0.717, 1.165) is 30.0 Å². The molecule has 0 radical (unpaired) electrons. The molecule has 6 nitrogen and oxygen atoms in total. The van der Waals surface area contributed by atoms with Crippen molar-refractivity contribution < 1.29 is 13.2 Å². The van der Waals surface area contributed by atoms with Gasteiger partial charge in [-0.05, 0) is 30.4 Å². The second-order valence-corrected chi connectivity index (χ2v) is 7.88. The van der Waals surface area contributed by atoms with Gasteiger partial charge in [-0.1, -0.05) is 18.2 Å². The maximum Gasteiger partial charge on any atom is 0.252 e. The number of pyridine rings is 1. The Labute approximate surface area is 135 Å². The van der Waals surface area contributed by atoms with E-state index in [1.807, 2.05) is 24.3 Å². The number of aromatic amines is 1. The lowest BCUT2D eigenvalue weighted by Gasteiger charge is -2.22. The fourth-order valence-electron chi connectivity index (χ4n) is 2.83. The third-order valence-electron chi connectivity index (χ3n) is 4.08. The average molecular weight is 336 g/mol. The Morgan fingerprint density at radius 2 is 2.13 bits per heavy atom. The van der Waals surface area contributed by atoms with E-state index in [1.54, 1.807) is 6.07 Å². The highest BCUT2D eigenvalue weighted by Crippen LogP contribution is 2.17. The molecule has 1 aromatic heterocycles. The van der Waals surface area contributed by atoms with Gasteiger partial charge in [-0.15, -0.1) is 0 Å². The Morgan fingerprint density at radius 1 is 1.35 bits per heavy atom. The second kappa shape index (κ2) is 6.43. The van der Waals surface area contributed by atoms with Crippen molar-refractivity contribution in [3.05, 3.63) is 46.2 Å². The maximum absolute atomic E-state index is 12.2. The minimum atomic E-state index is -3.42. The van der Waals surface area contributed by atoms with Gasteiger partial charge in [-0.25, -0.2) is 8.42 Å². The highest BCUT2D eigenvalue weighted by molar-refractivity contribution is 7.88. The van der Waals surface area contributed by atoms with Crippen molar-refractivity contribution in [1.29, 1.82) is 0 Å². The molecular weight excluding hydrogens is 316 g/mol. The van der Waals surface area contributed by atoms with Gasteiger partial charge in [0.2, 0.25) is 10.0 Å². The Morgan fingerprint density at radius 3 is 2.83 bits per heavy atom. The molecule has 2 heterocycles. The van der Waals surface area contributed by atoms with E-state index in [0.29, 0.717) is 12.2 Å². The first-order valence-electron chi connectivity index (χ1n) is 7.61. The number of benzene rings is 1. The molecular formula is C16H20N2O4S. The molecule has 0 aliphatic carbocycles. The zero-order valence-electron chi connectivity index (χ0n) is 13.0. The van der Waals surface area contributed by atoms with Crippen molar-refractivity contribution in [2.24, 2.45) is 0 Å². The largest absolute Gasteiger partial charge is 0.377 e. The SMILES string of the molecule is CS(=O)(=O)N(Cc1cc2ccccc2[nH]c1=O)CC1CCCO1. The fourth-order valence-corrected chi connectivity index (χ4v) is 3.64. The summed E-state index contributed by atoms with van der Waals surface area (Å²) in [6, 6.07) is 9.19. The smallest absolute Gasteiger partial charge is 0.252 e. The van der Waals surface area contributed by atoms with Crippen LogP contribution in [0.2, 0.25) is 0 Å². The van der Waals surface area contributed by atoms with Crippen LogP contribution in [-0.2, 0) is 21.3 Å². The molecule has 0 bridgehead atoms. The van der Waals surface area contributed by atoms with Crippen LogP contribution < -0.4 is 5.56 Å². The van der Waals surface area contributed by atoms with E-state index in [2.05, 4.69) is 4.98 Å². The number of ether oxygens (including phenoxy) is 1. The van der Waals surface area contributed by atoms with Crippen molar-refractivity contribution in [3.8, 4) is 0 Å². The number of H-pyrrole nitrogens is 1. The molecule has 2 aromatic rings. The highest BCUT2D eigenvalue weighted by atomic mass is 32.2. The summed E-state index contributed by atoms with van der Waals surface area (Å²) in [5.41, 5.74) is 0.920. The molecule has 0 saturated carbocycles. The van der Waals surface area contributed by atoms with Gasteiger partial charge < -0.3 is 9.72 Å². The summed E-state index contributed by atoms with van der Waals surface area (Å²) in [5, 5.41) is 0.882. The molecule has 3 rings (SSSR count). The topological polar surface area (TPSA) is 79.5 Å². The molecule has 1 aliphatic rings. The van der Waals surface area contributed by atoms with Gasteiger partial charge in [0, 0.05) is 30.8 Å². The van der Waals surface area contributed by atoms with Crippen molar-refractivity contribution in [3.63, 3.8) is 0 Å². The van der Waals surface area contributed by atoms with Gasteiger partial charge in [0.05, 0.1) is 12.4 Å². The molecule has 0 amide bonds. The first-order chi connectivity index (χ1) is 10.9. The van der Waals surface area contributed by atoms with Crippen LogP contribution in [0.1, 0.15) is 18.4 Å². The molecule has 124 valence electrons. The monoisotopic (exact) mass is 336 g/mol. The summed E-state index contributed by atoms with van der Waals surface area (Å²) in [5.74, 6) is 0. The molecule has 23 heavy (non-hydrogen) atoms. The molecule has 1 atom stereocenters. The lowest BCUT2D eigenvalue weighted by molar-refractivity contribution is 0.0927. The van der Waals surface area contributed by atoms with Crippen LogP contribution in [0.4, 0.5) is 0 Å². The van der Waals surface area contributed by atoms with Gasteiger partial charge >= 0.3 is 0 Å². The Balaban J connectivity index is 1.90. The van der Waals surface area contributed by atoms with Gasteiger partial charge in [-0.3, -0.25) is 4.79 Å². The maximum atomic E-state index is 12.2. The zero-order chi connectivity index (χ0) is 16.4. The summed E-state index contributed by atoms with van der Waals surface area (Å²) in [6.07, 6.45) is 2.86. The number of nitrogens with one attached hydrogen (secondary N) is 1. The third-order valence-corrected chi connectivity index (χ3v) is 5.29. The van der Waals surface area contributed by atoms with E-state index in [9.17, 15) is 13.2 Å². The molecule has 1 aromatic carbocycles. The predicted octanol–water partition coefficient (Wildman–Crippen LogP) is 1.47. The molecule has 1 N–H and O–H groups in total. The van der Waals surface area contributed by atoms with Crippen LogP contribution in [0.3, 0.4) is 0 Å². The zero-order valence-corrected chi connectivity index (χ0v) is 13.8. The third kappa shape index (κ3) is 3.80. The molecule has 1 fully saturated rings. The summed E-state index contributed by atoms with van der Waals surface area (Å²) in [4.78, 5) is 15.0. The van der Waals surface area contributed by atoms with Gasteiger partial charge in [0.15, 0.2) is 0 Å². The fraction of sp³-hybridized carbons (Fsp3) is 0.438. The summed E-state index contributed by atoms with van der Waals surface area (Å²) < 4.78 is 31.0. The number of sulfonamides is 1. The number of nitrogens with zero attached hydrogens (tertiary/aromatic N) is 1. The first kappa shape index (κ1) is 16.2. The molecule has 7 heteroatoms. The number of rotatable bonds is 5. The molecule has 1 unspecified atom stereocenters. The first-order valence-corrected chi connectivity index (χ1v) is 9.46. The number of para-hydroxylation sites is 1. The summed E-state index contributed by atoms with van der Waals surface area (Å²) in [6.45, 7) is 1.00. The van der Waals surface area contributed by atoms with E-state index >= 15 is 0 Å². The van der Waals surface area contributed by atoms with Crippen LogP contribution in [0.15, 0.2) is 35.1 Å². The van der Waals surface area contributed by atoms with Crippen molar-refractivity contribution in [2.75, 3.05) is 19.4 Å². The highest BCUT2D eigenvalue weighted by Gasteiger charge is 2.25. The Bertz CT molecular complexity index is 854. The standard InChI is InChI=1S/C16H20N2O4S/c1-23(20,21)18(11-14-6-4-8-22-14)10-13-9-12-5-2-3-7-15(12)17-16(13)19/h2-3,5,7,9,14H,4,6,8,10-11H2,1H3,(H,17,19). The average Bonchev–Trinajstić information content (AvgIpc) is 2.99. The van der Waals surface area contributed by atoms with Gasteiger partial charge in [0.1, 0.15) is 0 Å². The van der Waals surface area contributed by atoms with E-state index in [-0.39, 0.29) is 24.8 Å². The van der Waals surface area contributed by atoms with Crippen LogP contribution >= 0.6 is 0 Å². The van der Waals surface area contributed by atoms with Crippen LogP contribution in [0.5, 0.6) is 0 Å². The number of fused-ring (bicyclic) bond motifs is 1. The Kier molecular flexibility index (Phi) is 4.52.